The third-order valence-corrected chi connectivity index (χ3v) is 5.21. The molecule has 1 aromatic carbocycles. The topological polar surface area (TPSA) is 61.4 Å². The number of aryl methyl sites for hydroxylation is 1. The van der Waals surface area contributed by atoms with E-state index in [1.165, 1.54) is 5.56 Å². The van der Waals surface area contributed by atoms with Crippen LogP contribution in [0.5, 0.6) is 0 Å². The van der Waals surface area contributed by atoms with E-state index < -0.39 is 0 Å². The lowest BCUT2D eigenvalue weighted by Crippen LogP contribution is -2.47. The van der Waals surface area contributed by atoms with E-state index in [9.17, 15) is 4.79 Å². The normalized spacial score (nSPS) is 14.0. The minimum atomic E-state index is -0.145. The van der Waals surface area contributed by atoms with Crippen LogP contribution in [-0.4, -0.2) is 42.1 Å². The van der Waals surface area contributed by atoms with Gasteiger partial charge in [0.2, 0.25) is 0 Å². The molecule has 0 bridgehead atoms. The number of anilines is 3. The van der Waals surface area contributed by atoms with Gasteiger partial charge in [-0.15, -0.1) is 0 Å². The van der Waals surface area contributed by atoms with Crippen LogP contribution in [0.2, 0.25) is 0 Å². The molecule has 1 amide bonds. The van der Waals surface area contributed by atoms with Crippen LogP contribution in [0.1, 0.15) is 22.8 Å². The molecule has 0 saturated carbocycles. The predicted octanol–water partition coefficient (Wildman–Crippen LogP) is 3.62. The highest BCUT2D eigenvalue weighted by Gasteiger charge is 2.19. The summed E-state index contributed by atoms with van der Waals surface area (Å²) >= 11 is 0. The quantitative estimate of drug-likeness (QED) is 0.725. The van der Waals surface area contributed by atoms with E-state index >= 15 is 0 Å². The van der Waals surface area contributed by atoms with E-state index in [2.05, 4.69) is 32.0 Å². The van der Waals surface area contributed by atoms with Gasteiger partial charge in [-0.3, -0.25) is 4.79 Å². The van der Waals surface area contributed by atoms with Gasteiger partial charge in [0.1, 0.15) is 11.6 Å². The van der Waals surface area contributed by atoms with Crippen molar-refractivity contribution in [2.75, 3.05) is 41.3 Å². The maximum atomic E-state index is 12.5. The summed E-state index contributed by atoms with van der Waals surface area (Å²) in [6.45, 7) is 5.65. The highest BCUT2D eigenvalue weighted by Crippen LogP contribution is 2.18. The Morgan fingerprint density at radius 3 is 2.14 bits per heavy atom. The van der Waals surface area contributed by atoms with Crippen LogP contribution in [0.3, 0.4) is 0 Å². The van der Waals surface area contributed by atoms with Gasteiger partial charge in [0.15, 0.2) is 0 Å². The molecule has 1 fully saturated rings. The lowest BCUT2D eigenvalue weighted by molar-refractivity contribution is 0.102. The molecule has 0 aliphatic carbocycles. The average Bonchev–Trinajstić information content (AvgIpc) is 2.80. The molecule has 0 spiro atoms. The van der Waals surface area contributed by atoms with Gasteiger partial charge >= 0.3 is 0 Å². The summed E-state index contributed by atoms with van der Waals surface area (Å²) in [4.78, 5) is 25.9. The van der Waals surface area contributed by atoms with Crippen molar-refractivity contribution in [2.45, 2.75) is 13.3 Å². The van der Waals surface area contributed by atoms with Gasteiger partial charge in [0.25, 0.3) is 5.91 Å². The molecule has 3 aromatic rings. The number of nitrogens with one attached hydrogen (secondary N) is 1. The highest BCUT2D eigenvalue weighted by molar-refractivity contribution is 6.04. The number of hydrogen-bond donors (Lipinski definition) is 1. The average molecular weight is 387 g/mol. The van der Waals surface area contributed by atoms with Gasteiger partial charge in [-0.05, 0) is 48.4 Å². The van der Waals surface area contributed by atoms with Crippen molar-refractivity contribution in [1.82, 2.24) is 9.97 Å². The number of hydrogen-bond acceptors (Lipinski definition) is 5. The van der Waals surface area contributed by atoms with Crippen molar-refractivity contribution in [3.05, 3.63) is 78.1 Å². The summed E-state index contributed by atoms with van der Waals surface area (Å²) in [5, 5.41) is 2.93. The van der Waals surface area contributed by atoms with Crippen molar-refractivity contribution >= 4 is 23.2 Å². The molecule has 1 aliphatic heterocycles. The van der Waals surface area contributed by atoms with Crippen molar-refractivity contribution in [2.24, 2.45) is 0 Å². The molecular formula is C23H25N5O. The Morgan fingerprint density at radius 2 is 1.59 bits per heavy atom. The maximum absolute atomic E-state index is 12.5. The fraction of sp³-hybridized carbons (Fsp3) is 0.261. The number of pyridine rings is 2. The number of nitrogens with zero attached hydrogens (tertiary/aromatic N) is 4. The number of carbonyl (C=O) groups is 1. The van der Waals surface area contributed by atoms with E-state index in [1.807, 2.05) is 60.8 Å². The first-order valence-corrected chi connectivity index (χ1v) is 10.00. The predicted molar refractivity (Wildman–Crippen MR) is 117 cm³/mol. The van der Waals surface area contributed by atoms with E-state index in [1.54, 1.807) is 6.20 Å². The van der Waals surface area contributed by atoms with Gasteiger partial charge in [-0.25, -0.2) is 9.97 Å². The van der Waals surface area contributed by atoms with Gasteiger partial charge in [-0.2, -0.15) is 0 Å². The third-order valence-electron chi connectivity index (χ3n) is 5.21. The summed E-state index contributed by atoms with van der Waals surface area (Å²) in [7, 11) is 0. The molecular weight excluding hydrogens is 362 g/mol. The molecule has 148 valence electrons. The van der Waals surface area contributed by atoms with Crippen molar-refractivity contribution in [3.8, 4) is 0 Å². The molecule has 1 aliphatic rings. The molecule has 0 atom stereocenters. The lowest BCUT2D eigenvalue weighted by atomic mass is 10.1. The molecule has 0 radical (unpaired) electrons. The molecule has 0 unspecified atom stereocenters. The summed E-state index contributed by atoms with van der Waals surface area (Å²) < 4.78 is 0. The van der Waals surface area contributed by atoms with Gasteiger partial charge in [0, 0.05) is 44.3 Å². The number of carbonyl (C=O) groups excluding carboxylic acids is 1. The van der Waals surface area contributed by atoms with Crippen LogP contribution in [-0.2, 0) is 6.42 Å². The summed E-state index contributed by atoms with van der Waals surface area (Å²) in [6.07, 6.45) is 4.46. The van der Waals surface area contributed by atoms with E-state index in [-0.39, 0.29) is 5.91 Å². The SMILES string of the molecule is CCc1ccc(NC(=O)c2ccc(N3CCN(c4ccccn4)CC3)nc2)cc1. The molecule has 3 heterocycles. The molecule has 4 rings (SSSR count). The van der Waals surface area contributed by atoms with Crippen LogP contribution in [0.15, 0.2) is 67.0 Å². The Hall–Kier alpha value is -3.41. The van der Waals surface area contributed by atoms with E-state index in [0.717, 1.165) is 49.9 Å². The zero-order chi connectivity index (χ0) is 20.1. The summed E-state index contributed by atoms with van der Waals surface area (Å²) in [5.74, 6) is 1.77. The summed E-state index contributed by atoms with van der Waals surface area (Å²) in [5.41, 5.74) is 2.60. The molecule has 2 aromatic heterocycles. The number of rotatable bonds is 5. The Kier molecular flexibility index (Phi) is 5.70. The summed E-state index contributed by atoms with van der Waals surface area (Å²) in [6, 6.07) is 17.7. The number of amides is 1. The second-order valence-corrected chi connectivity index (χ2v) is 7.07. The zero-order valence-corrected chi connectivity index (χ0v) is 16.6. The van der Waals surface area contributed by atoms with Gasteiger partial charge in [-0.1, -0.05) is 25.1 Å². The lowest BCUT2D eigenvalue weighted by Gasteiger charge is -2.36. The monoisotopic (exact) mass is 387 g/mol. The van der Waals surface area contributed by atoms with E-state index in [0.29, 0.717) is 5.56 Å². The molecule has 29 heavy (non-hydrogen) atoms. The Balaban J connectivity index is 1.34. The first kappa shape index (κ1) is 18.9. The minimum Gasteiger partial charge on any atom is -0.353 e. The number of benzene rings is 1. The molecule has 1 N–H and O–H groups in total. The van der Waals surface area contributed by atoms with Crippen LogP contribution < -0.4 is 15.1 Å². The fourth-order valence-corrected chi connectivity index (χ4v) is 3.44. The third kappa shape index (κ3) is 4.54. The minimum absolute atomic E-state index is 0.145. The number of piperazine rings is 1. The Morgan fingerprint density at radius 1 is 0.897 bits per heavy atom. The van der Waals surface area contributed by atoms with Crippen LogP contribution in [0.4, 0.5) is 17.3 Å². The Bertz CT molecular complexity index is 933. The second kappa shape index (κ2) is 8.73. The van der Waals surface area contributed by atoms with Crippen LogP contribution in [0.25, 0.3) is 0 Å². The second-order valence-electron chi connectivity index (χ2n) is 7.07. The Labute approximate surface area is 171 Å². The van der Waals surface area contributed by atoms with Crippen molar-refractivity contribution < 1.29 is 4.79 Å². The van der Waals surface area contributed by atoms with Crippen LogP contribution >= 0.6 is 0 Å². The highest BCUT2D eigenvalue weighted by atomic mass is 16.1. The first-order valence-electron chi connectivity index (χ1n) is 10.00. The zero-order valence-electron chi connectivity index (χ0n) is 16.6. The molecule has 6 heteroatoms. The largest absolute Gasteiger partial charge is 0.353 e. The smallest absolute Gasteiger partial charge is 0.257 e. The number of aromatic nitrogens is 2. The van der Waals surface area contributed by atoms with Crippen molar-refractivity contribution in [1.29, 1.82) is 0 Å². The van der Waals surface area contributed by atoms with E-state index in [4.69, 9.17) is 0 Å². The van der Waals surface area contributed by atoms with Gasteiger partial charge in [0.05, 0.1) is 5.56 Å². The van der Waals surface area contributed by atoms with Crippen molar-refractivity contribution in [3.63, 3.8) is 0 Å². The first-order chi connectivity index (χ1) is 14.2. The standard InChI is InChI=1S/C23H25N5O/c1-2-18-6-9-20(10-7-18)26-23(29)19-8-11-22(25-17-19)28-15-13-27(14-16-28)21-5-3-4-12-24-21/h3-12,17H,2,13-16H2,1H3,(H,26,29). The fourth-order valence-electron chi connectivity index (χ4n) is 3.44. The molecule has 1 saturated heterocycles. The van der Waals surface area contributed by atoms with Gasteiger partial charge < -0.3 is 15.1 Å². The van der Waals surface area contributed by atoms with Crippen LogP contribution in [0, 0.1) is 0 Å². The molecule has 6 nitrogen and oxygen atoms in total. The maximum Gasteiger partial charge on any atom is 0.257 e.